The fraction of sp³-hybridized carbons (Fsp3) is 0.500. The lowest BCUT2D eigenvalue weighted by atomic mass is 10.1. The van der Waals surface area contributed by atoms with Crippen molar-refractivity contribution in [2.45, 2.75) is 32.5 Å². The molecule has 1 heterocycles. The van der Waals surface area contributed by atoms with Crippen LogP contribution in [0.4, 0.5) is 29.3 Å². The maximum Gasteiger partial charge on any atom is 0.416 e. The molecule has 0 fully saturated rings. The minimum Gasteiger partial charge on any atom is -0.443 e. The zero-order chi connectivity index (χ0) is 15.8. The van der Waals surface area contributed by atoms with Crippen LogP contribution in [-0.4, -0.2) is 24.8 Å². The van der Waals surface area contributed by atoms with Crippen LogP contribution in [0, 0.1) is 0 Å². The Kier molecular flexibility index (Phi) is 3.78. The number of carbonyl (C=O) groups is 1. The normalized spacial score (nSPS) is 15.2. The number of rotatable bonds is 0. The number of nitrogens with zero attached hydrogens (tertiary/aromatic N) is 1. The van der Waals surface area contributed by atoms with E-state index in [4.69, 9.17) is 4.74 Å². The highest BCUT2D eigenvalue weighted by atomic mass is 19.4. The fourth-order valence-electron chi connectivity index (χ4n) is 2.02. The van der Waals surface area contributed by atoms with Crippen molar-refractivity contribution in [1.82, 2.24) is 0 Å². The third-order valence-corrected chi connectivity index (χ3v) is 2.88. The second kappa shape index (κ2) is 5.13. The van der Waals surface area contributed by atoms with Gasteiger partial charge >= 0.3 is 12.3 Å². The van der Waals surface area contributed by atoms with Crippen LogP contribution >= 0.6 is 0 Å². The molecule has 2 rings (SSSR count). The van der Waals surface area contributed by atoms with Gasteiger partial charge in [0, 0.05) is 13.1 Å². The molecule has 0 saturated carbocycles. The number of ether oxygens (including phenoxy) is 1. The highest BCUT2D eigenvalue weighted by Crippen LogP contribution is 2.37. The molecule has 1 aromatic carbocycles. The van der Waals surface area contributed by atoms with Gasteiger partial charge in [0.15, 0.2) is 0 Å². The van der Waals surface area contributed by atoms with Gasteiger partial charge in [-0.05, 0) is 39.0 Å². The summed E-state index contributed by atoms with van der Waals surface area (Å²) in [6.45, 7) is 5.92. The number of fused-ring (bicyclic) bond motifs is 1. The van der Waals surface area contributed by atoms with E-state index in [9.17, 15) is 18.0 Å². The number of nitrogens with one attached hydrogen (secondary N) is 1. The monoisotopic (exact) mass is 302 g/mol. The molecule has 1 aliphatic rings. The number of carbonyl (C=O) groups excluding carboxylic acids is 1. The molecule has 0 aromatic heterocycles. The highest BCUT2D eigenvalue weighted by molar-refractivity contribution is 5.93. The molecule has 0 bridgehead atoms. The lowest BCUT2D eigenvalue weighted by Crippen LogP contribution is -2.42. The molecule has 0 saturated heterocycles. The van der Waals surface area contributed by atoms with E-state index >= 15 is 0 Å². The Morgan fingerprint density at radius 2 is 1.95 bits per heavy atom. The van der Waals surface area contributed by atoms with Crippen molar-refractivity contribution in [3.05, 3.63) is 23.8 Å². The van der Waals surface area contributed by atoms with Gasteiger partial charge in [-0.1, -0.05) is 0 Å². The Bertz CT molecular complexity index is 550. The van der Waals surface area contributed by atoms with E-state index in [-0.39, 0.29) is 5.69 Å². The number of anilines is 2. The number of benzene rings is 1. The van der Waals surface area contributed by atoms with E-state index in [1.807, 2.05) is 0 Å². The van der Waals surface area contributed by atoms with Crippen LogP contribution in [0.15, 0.2) is 18.2 Å². The summed E-state index contributed by atoms with van der Waals surface area (Å²) >= 11 is 0. The van der Waals surface area contributed by atoms with E-state index in [1.54, 1.807) is 20.8 Å². The van der Waals surface area contributed by atoms with Crippen LogP contribution in [0.5, 0.6) is 0 Å². The molecule has 0 radical (unpaired) electrons. The maximum absolute atomic E-state index is 12.7. The van der Waals surface area contributed by atoms with E-state index in [0.29, 0.717) is 18.8 Å². The van der Waals surface area contributed by atoms with Gasteiger partial charge in [-0.25, -0.2) is 4.79 Å². The van der Waals surface area contributed by atoms with E-state index in [0.717, 1.165) is 12.1 Å². The molecule has 1 aliphatic heterocycles. The first kappa shape index (κ1) is 15.5. The molecule has 1 aromatic rings. The topological polar surface area (TPSA) is 41.6 Å². The Morgan fingerprint density at radius 3 is 2.52 bits per heavy atom. The summed E-state index contributed by atoms with van der Waals surface area (Å²) in [5.41, 5.74) is -0.737. The summed E-state index contributed by atoms with van der Waals surface area (Å²) in [6, 6.07) is 3.25. The molecular formula is C14H17F3N2O2. The standard InChI is InChI=1S/C14H17F3N2O2/c1-13(2,3)21-12(20)19-7-6-18-10-8-9(14(15,16)17)4-5-11(10)19/h4-5,8,18H,6-7H2,1-3H3. The van der Waals surface area contributed by atoms with Crippen LogP contribution < -0.4 is 10.2 Å². The van der Waals surface area contributed by atoms with Crippen molar-refractivity contribution in [3.63, 3.8) is 0 Å². The average Bonchev–Trinajstić information content (AvgIpc) is 2.34. The first-order valence-electron chi connectivity index (χ1n) is 6.53. The van der Waals surface area contributed by atoms with Crippen LogP contribution in [0.3, 0.4) is 0 Å². The number of halogens is 3. The van der Waals surface area contributed by atoms with Gasteiger partial charge in [0.1, 0.15) is 5.60 Å². The van der Waals surface area contributed by atoms with Gasteiger partial charge in [0.2, 0.25) is 0 Å². The summed E-state index contributed by atoms with van der Waals surface area (Å²) in [5.74, 6) is 0. The predicted molar refractivity (Wildman–Crippen MR) is 73.5 cm³/mol. The Labute approximate surface area is 120 Å². The molecule has 1 N–H and O–H groups in total. The van der Waals surface area contributed by atoms with Crippen LogP contribution in [0.25, 0.3) is 0 Å². The molecule has 1 amide bonds. The molecule has 21 heavy (non-hydrogen) atoms. The number of hydrogen-bond acceptors (Lipinski definition) is 3. The van der Waals surface area contributed by atoms with Gasteiger partial charge < -0.3 is 10.1 Å². The summed E-state index contributed by atoms with van der Waals surface area (Å²) in [7, 11) is 0. The minimum absolute atomic E-state index is 0.280. The number of amides is 1. The fourth-order valence-corrected chi connectivity index (χ4v) is 2.02. The van der Waals surface area contributed by atoms with Gasteiger partial charge in [-0.3, -0.25) is 4.90 Å². The van der Waals surface area contributed by atoms with Crippen molar-refractivity contribution < 1.29 is 22.7 Å². The third-order valence-electron chi connectivity index (χ3n) is 2.88. The van der Waals surface area contributed by atoms with Crippen LogP contribution in [0.1, 0.15) is 26.3 Å². The van der Waals surface area contributed by atoms with Gasteiger partial charge in [0.25, 0.3) is 0 Å². The van der Waals surface area contributed by atoms with Gasteiger partial charge in [-0.15, -0.1) is 0 Å². The summed E-state index contributed by atoms with van der Waals surface area (Å²) < 4.78 is 43.4. The number of alkyl halides is 3. The largest absolute Gasteiger partial charge is 0.443 e. The second-order valence-corrected chi connectivity index (χ2v) is 5.79. The van der Waals surface area contributed by atoms with Crippen molar-refractivity contribution in [2.75, 3.05) is 23.3 Å². The first-order valence-corrected chi connectivity index (χ1v) is 6.53. The summed E-state index contributed by atoms with van der Waals surface area (Å²) in [6.07, 6.45) is -4.98. The summed E-state index contributed by atoms with van der Waals surface area (Å²) in [5, 5.41) is 2.87. The predicted octanol–water partition coefficient (Wildman–Crippen LogP) is 3.87. The second-order valence-electron chi connectivity index (χ2n) is 5.79. The minimum atomic E-state index is -4.41. The lowest BCUT2D eigenvalue weighted by molar-refractivity contribution is -0.137. The van der Waals surface area contributed by atoms with Crippen molar-refractivity contribution in [2.24, 2.45) is 0 Å². The maximum atomic E-state index is 12.7. The van der Waals surface area contributed by atoms with Gasteiger partial charge in [-0.2, -0.15) is 13.2 Å². The average molecular weight is 302 g/mol. The van der Waals surface area contributed by atoms with Crippen molar-refractivity contribution in [1.29, 1.82) is 0 Å². The molecule has 116 valence electrons. The molecule has 0 spiro atoms. The highest BCUT2D eigenvalue weighted by Gasteiger charge is 2.33. The molecule has 7 heteroatoms. The smallest absolute Gasteiger partial charge is 0.416 e. The quantitative estimate of drug-likeness (QED) is 0.791. The third kappa shape index (κ3) is 3.59. The Hall–Kier alpha value is -1.92. The molecule has 0 unspecified atom stereocenters. The molecule has 4 nitrogen and oxygen atoms in total. The SMILES string of the molecule is CC(C)(C)OC(=O)N1CCNc2cc(C(F)(F)F)ccc21. The van der Waals surface area contributed by atoms with E-state index < -0.39 is 23.4 Å². The Balaban J connectivity index is 2.30. The van der Waals surface area contributed by atoms with Crippen LogP contribution in [0.2, 0.25) is 0 Å². The Morgan fingerprint density at radius 1 is 1.29 bits per heavy atom. The summed E-state index contributed by atoms with van der Waals surface area (Å²) in [4.78, 5) is 13.5. The van der Waals surface area contributed by atoms with E-state index in [1.165, 1.54) is 11.0 Å². The van der Waals surface area contributed by atoms with E-state index in [2.05, 4.69) is 5.32 Å². The van der Waals surface area contributed by atoms with Crippen molar-refractivity contribution in [3.8, 4) is 0 Å². The van der Waals surface area contributed by atoms with Crippen LogP contribution in [-0.2, 0) is 10.9 Å². The zero-order valence-corrected chi connectivity index (χ0v) is 12.0. The van der Waals surface area contributed by atoms with Crippen molar-refractivity contribution >= 4 is 17.5 Å². The molecule has 0 atom stereocenters. The zero-order valence-electron chi connectivity index (χ0n) is 12.0. The number of hydrogen-bond donors (Lipinski definition) is 1. The van der Waals surface area contributed by atoms with Gasteiger partial charge in [0.05, 0.1) is 16.9 Å². The lowest BCUT2D eigenvalue weighted by Gasteiger charge is -2.32. The first-order chi connectivity index (χ1) is 9.58. The molecule has 0 aliphatic carbocycles. The molecular weight excluding hydrogens is 285 g/mol.